The Labute approximate surface area is 112 Å². The van der Waals surface area contributed by atoms with Gasteiger partial charge in [-0.2, -0.15) is 0 Å². The number of nitrogens with zero attached hydrogens (tertiary/aromatic N) is 1. The molecule has 1 aliphatic heterocycles. The van der Waals surface area contributed by atoms with Gasteiger partial charge in [0.25, 0.3) is 5.91 Å². The van der Waals surface area contributed by atoms with Gasteiger partial charge in [0.2, 0.25) is 0 Å². The third-order valence-electron chi connectivity index (χ3n) is 3.43. The normalized spacial score (nSPS) is 15.5. The molecule has 0 bridgehead atoms. The fourth-order valence-corrected chi connectivity index (χ4v) is 2.45. The van der Waals surface area contributed by atoms with Crippen LogP contribution in [0.2, 0.25) is 0 Å². The van der Waals surface area contributed by atoms with E-state index in [-0.39, 0.29) is 18.4 Å². The molecule has 0 aromatic heterocycles. The standard InChI is InChI=1S/C15H17NO3/c1-10(6-5-9-14(17)18)16-11(2)12-7-3-4-8-13(12)15(16)19/h3-4,7-8,10H,2,5-6,9H2,1H3,(H,17,18). The maximum Gasteiger partial charge on any atom is 0.303 e. The lowest BCUT2D eigenvalue weighted by atomic mass is 10.1. The number of aliphatic carboxylic acids is 1. The number of fused-ring (bicyclic) bond motifs is 1. The van der Waals surface area contributed by atoms with Gasteiger partial charge in [0.05, 0.1) is 0 Å². The van der Waals surface area contributed by atoms with Crippen molar-refractivity contribution in [2.75, 3.05) is 0 Å². The maximum absolute atomic E-state index is 12.3. The molecule has 0 spiro atoms. The third kappa shape index (κ3) is 2.52. The van der Waals surface area contributed by atoms with Crippen LogP contribution in [-0.4, -0.2) is 27.9 Å². The predicted octanol–water partition coefficient (Wildman–Crippen LogP) is 2.76. The number of rotatable bonds is 5. The van der Waals surface area contributed by atoms with Crippen LogP contribution in [0.5, 0.6) is 0 Å². The van der Waals surface area contributed by atoms with Crippen LogP contribution in [0.15, 0.2) is 30.8 Å². The number of carbonyl (C=O) groups is 2. The largest absolute Gasteiger partial charge is 0.481 e. The Kier molecular flexibility index (Phi) is 3.69. The highest BCUT2D eigenvalue weighted by molar-refractivity contribution is 6.09. The summed E-state index contributed by atoms with van der Waals surface area (Å²) >= 11 is 0. The summed E-state index contributed by atoms with van der Waals surface area (Å²) in [5.74, 6) is -0.842. The summed E-state index contributed by atoms with van der Waals surface area (Å²) in [6, 6.07) is 7.37. The molecule has 1 aromatic carbocycles. The van der Waals surface area contributed by atoms with E-state index >= 15 is 0 Å². The summed E-state index contributed by atoms with van der Waals surface area (Å²) in [5.41, 5.74) is 2.26. The SMILES string of the molecule is C=C1c2ccccc2C(=O)N1C(C)CCCC(=O)O. The van der Waals surface area contributed by atoms with Gasteiger partial charge in [0.15, 0.2) is 0 Å². The van der Waals surface area contributed by atoms with Crippen LogP contribution in [0, 0.1) is 0 Å². The average molecular weight is 259 g/mol. The van der Waals surface area contributed by atoms with Crippen LogP contribution in [0.4, 0.5) is 0 Å². The molecule has 1 heterocycles. The highest BCUT2D eigenvalue weighted by Crippen LogP contribution is 2.33. The van der Waals surface area contributed by atoms with Crippen molar-refractivity contribution in [2.24, 2.45) is 0 Å². The first-order valence-corrected chi connectivity index (χ1v) is 6.36. The van der Waals surface area contributed by atoms with E-state index in [2.05, 4.69) is 6.58 Å². The molecule has 0 saturated carbocycles. The van der Waals surface area contributed by atoms with E-state index in [9.17, 15) is 9.59 Å². The second-order valence-corrected chi connectivity index (χ2v) is 4.80. The van der Waals surface area contributed by atoms with Crippen LogP contribution in [-0.2, 0) is 4.79 Å². The number of carboxylic acid groups (broad SMARTS) is 1. The van der Waals surface area contributed by atoms with Gasteiger partial charge in [-0.25, -0.2) is 0 Å². The first-order valence-electron chi connectivity index (χ1n) is 6.36. The molecule has 19 heavy (non-hydrogen) atoms. The Hall–Kier alpha value is -2.10. The summed E-state index contributed by atoms with van der Waals surface area (Å²) in [5, 5.41) is 8.64. The van der Waals surface area contributed by atoms with Gasteiger partial charge in [-0.1, -0.05) is 24.8 Å². The zero-order chi connectivity index (χ0) is 14.0. The van der Waals surface area contributed by atoms with Crippen LogP contribution >= 0.6 is 0 Å². The van der Waals surface area contributed by atoms with E-state index in [1.165, 1.54) is 0 Å². The van der Waals surface area contributed by atoms with E-state index in [0.717, 1.165) is 5.56 Å². The zero-order valence-electron chi connectivity index (χ0n) is 10.9. The average Bonchev–Trinajstić information content (AvgIpc) is 2.62. The Morgan fingerprint density at radius 3 is 2.58 bits per heavy atom. The van der Waals surface area contributed by atoms with Crippen LogP contribution in [0.3, 0.4) is 0 Å². The minimum absolute atomic E-state index is 0.0354. The van der Waals surface area contributed by atoms with Crippen LogP contribution in [0.25, 0.3) is 5.70 Å². The van der Waals surface area contributed by atoms with E-state index < -0.39 is 5.97 Å². The number of hydrogen-bond donors (Lipinski definition) is 1. The van der Waals surface area contributed by atoms with Crippen LogP contribution < -0.4 is 0 Å². The smallest absolute Gasteiger partial charge is 0.303 e. The van der Waals surface area contributed by atoms with Gasteiger partial charge >= 0.3 is 5.97 Å². The van der Waals surface area contributed by atoms with Crippen molar-refractivity contribution in [3.63, 3.8) is 0 Å². The molecule has 1 N–H and O–H groups in total. The van der Waals surface area contributed by atoms with Gasteiger partial charge in [-0.15, -0.1) is 0 Å². The van der Waals surface area contributed by atoms with E-state index in [1.54, 1.807) is 11.0 Å². The van der Waals surface area contributed by atoms with Crippen molar-refractivity contribution < 1.29 is 14.7 Å². The molecule has 100 valence electrons. The van der Waals surface area contributed by atoms with Crippen molar-refractivity contribution in [1.82, 2.24) is 4.90 Å². The highest BCUT2D eigenvalue weighted by atomic mass is 16.4. The lowest BCUT2D eigenvalue weighted by Crippen LogP contribution is -2.32. The van der Waals surface area contributed by atoms with Crippen molar-refractivity contribution in [3.8, 4) is 0 Å². The van der Waals surface area contributed by atoms with Crippen molar-refractivity contribution >= 4 is 17.6 Å². The molecule has 1 aliphatic rings. The molecular formula is C15H17NO3. The number of benzene rings is 1. The van der Waals surface area contributed by atoms with Crippen molar-refractivity contribution in [3.05, 3.63) is 42.0 Å². The molecule has 0 fully saturated rings. The van der Waals surface area contributed by atoms with Gasteiger partial charge in [0.1, 0.15) is 0 Å². The highest BCUT2D eigenvalue weighted by Gasteiger charge is 2.33. The Balaban J connectivity index is 2.09. The summed E-state index contributed by atoms with van der Waals surface area (Å²) in [4.78, 5) is 24.5. The Morgan fingerprint density at radius 1 is 1.37 bits per heavy atom. The molecular weight excluding hydrogens is 242 g/mol. The quantitative estimate of drug-likeness (QED) is 0.884. The number of carbonyl (C=O) groups excluding carboxylic acids is 1. The van der Waals surface area contributed by atoms with E-state index in [4.69, 9.17) is 5.11 Å². The first kappa shape index (κ1) is 13.3. The number of amides is 1. The predicted molar refractivity (Wildman–Crippen MR) is 72.6 cm³/mol. The molecule has 0 radical (unpaired) electrons. The molecule has 1 amide bonds. The first-order chi connectivity index (χ1) is 9.02. The molecule has 1 unspecified atom stereocenters. The summed E-state index contributed by atoms with van der Waals surface area (Å²) in [6.45, 7) is 5.91. The third-order valence-corrected chi connectivity index (χ3v) is 3.43. The lowest BCUT2D eigenvalue weighted by Gasteiger charge is -2.25. The zero-order valence-corrected chi connectivity index (χ0v) is 10.9. The molecule has 1 atom stereocenters. The second-order valence-electron chi connectivity index (χ2n) is 4.80. The summed E-state index contributed by atoms with van der Waals surface area (Å²) < 4.78 is 0. The minimum atomic E-state index is -0.804. The maximum atomic E-state index is 12.3. The topological polar surface area (TPSA) is 57.6 Å². The van der Waals surface area contributed by atoms with Crippen molar-refractivity contribution in [1.29, 1.82) is 0 Å². The second kappa shape index (κ2) is 5.26. The number of carboxylic acids is 1. The molecule has 0 aliphatic carbocycles. The molecule has 4 nitrogen and oxygen atoms in total. The van der Waals surface area contributed by atoms with Gasteiger partial charge < -0.3 is 10.0 Å². The number of hydrogen-bond acceptors (Lipinski definition) is 2. The Bertz CT molecular complexity index is 501. The van der Waals surface area contributed by atoms with Crippen molar-refractivity contribution in [2.45, 2.75) is 32.2 Å². The lowest BCUT2D eigenvalue weighted by molar-refractivity contribution is -0.137. The summed E-state index contributed by atoms with van der Waals surface area (Å²) in [6.07, 6.45) is 1.35. The van der Waals surface area contributed by atoms with E-state index in [0.29, 0.717) is 24.1 Å². The van der Waals surface area contributed by atoms with Gasteiger partial charge in [-0.3, -0.25) is 9.59 Å². The fraction of sp³-hybridized carbons (Fsp3) is 0.333. The Morgan fingerprint density at radius 2 is 2.00 bits per heavy atom. The van der Waals surface area contributed by atoms with Crippen LogP contribution in [0.1, 0.15) is 42.1 Å². The molecule has 1 aromatic rings. The molecule has 4 heteroatoms. The van der Waals surface area contributed by atoms with Gasteiger partial charge in [-0.05, 0) is 25.8 Å². The molecule has 2 rings (SSSR count). The summed E-state index contributed by atoms with van der Waals surface area (Å²) in [7, 11) is 0. The van der Waals surface area contributed by atoms with Gasteiger partial charge in [0, 0.05) is 29.3 Å². The van der Waals surface area contributed by atoms with E-state index in [1.807, 2.05) is 25.1 Å². The minimum Gasteiger partial charge on any atom is -0.481 e. The fourth-order valence-electron chi connectivity index (χ4n) is 2.45. The molecule has 0 saturated heterocycles. The monoisotopic (exact) mass is 259 g/mol.